The van der Waals surface area contributed by atoms with Crippen molar-refractivity contribution in [1.82, 2.24) is 9.97 Å². The molecule has 3 nitrogen and oxygen atoms in total. The Hall–Kier alpha value is -4.15. The van der Waals surface area contributed by atoms with E-state index in [1.807, 2.05) is 114 Å². The molecule has 0 saturated heterocycles. The third-order valence-corrected chi connectivity index (χ3v) is 10.3. The number of hydrogen-bond acceptors (Lipinski definition) is 3. The van der Waals surface area contributed by atoms with Crippen molar-refractivity contribution in [1.29, 1.82) is 0 Å². The first-order chi connectivity index (χ1) is 25.7. The molecule has 0 fully saturated rings. The summed E-state index contributed by atoms with van der Waals surface area (Å²) in [6.07, 6.45) is 0.629. The van der Waals surface area contributed by atoms with Gasteiger partial charge in [-0.15, -0.1) is 54.1 Å². The molecular formula is C47H50IrN2OSi-2. The summed E-state index contributed by atoms with van der Waals surface area (Å²) in [5, 5.41) is 3.13. The van der Waals surface area contributed by atoms with E-state index in [-0.39, 0.29) is 20.1 Å². The van der Waals surface area contributed by atoms with E-state index in [4.69, 9.17) is 9.90 Å². The third kappa shape index (κ3) is 9.63. The molecule has 0 aliphatic heterocycles. The van der Waals surface area contributed by atoms with Gasteiger partial charge >= 0.3 is 0 Å². The average Bonchev–Trinajstić information content (AvgIpc) is 3.52. The number of benzene rings is 4. The zero-order chi connectivity index (χ0) is 40.0. The van der Waals surface area contributed by atoms with Gasteiger partial charge in [-0.1, -0.05) is 138 Å². The summed E-state index contributed by atoms with van der Waals surface area (Å²) in [6.45, 7) is 18.3. The van der Waals surface area contributed by atoms with E-state index in [0.29, 0.717) is 16.8 Å². The van der Waals surface area contributed by atoms with Crippen LogP contribution in [0, 0.1) is 23.0 Å². The fraction of sp³-hybridized carbons (Fsp3) is 0.277. The summed E-state index contributed by atoms with van der Waals surface area (Å²) in [7, 11) is -1.70. The molecule has 0 unspecified atom stereocenters. The van der Waals surface area contributed by atoms with Gasteiger partial charge in [0.1, 0.15) is 5.58 Å². The summed E-state index contributed by atoms with van der Waals surface area (Å²) in [5.41, 5.74) is 7.20. The predicted molar refractivity (Wildman–Crippen MR) is 219 cm³/mol. The zero-order valence-electron chi connectivity index (χ0n) is 35.6. The van der Waals surface area contributed by atoms with Crippen LogP contribution in [0.3, 0.4) is 0 Å². The first-order valence-electron chi connectivity index (χ1n) is 19.6. The Labute approximate surface area is 330 Å². The second kappa shape index (κ2) is 15.8. The van der Waals surface area contributed by atoms with Gasteiger partial charge < -0.3 is 14.4 Å². The van der Waals surface area contributed by atoms with Crippen LogP contribution in [0.5, 0.6) is 0 Å². The van der Waals surface area contributed by atoms with Crippen LogP contribution < -0.4 is 5.19 Å². The van der Waals surface area contributed by atoms with E-state index in [0.717, 1.165) is 55.1 Å². The summed E-state index contributed by atoms with van der Waals surface area (Å²) in [6, 6.07) is 40.1. The molecule has 0 N–H and O–H groups in total. The molecular weight excluding hydrogens is 829 g/mol. The van der Waals surface area contributed by atoms with Crippen molar-refractivity contribution < 1.29 is 30.0 Å². The quantitative estimate of drug-likeness (QED) is 0.123. The Kier molecular flexibility index (Phi) is 10.3. The Morgan fingerprint density at radius 2 is 1.42 bits per heavy atom. The number of nitrogens with zero attached hydrogens (tertiary/aromatic N) is 2. The fourth-order valence-corrected chi connectivity index (χ4v) is 7.47. The molecule has 1 radical (unpaired) electrons. The molecule has 5 heteroatoms. The second-order valence-electron chi connectivity index (χ2n) is 16.1. The Morgan fingerprint density at radius 1 is 0.692 bits per heavy atom. The number of hydrogen-bond donors (Lipinski definition) is 0. The molecule has 269 valence electrons. The molecule has 0 aliphatic rings. The molecule has 7 aromatic rings. The third-order valence-electron chi connectivity index (χ3n) is 8.28. The van der Waals surface area contributed by atoms with Crippen LogP contribution in [0.1, 0.15) is 58.2 Å². The Morgan fingerprint density at radius 3 is 2.10 bits per heavy atom. The smallest absolute Gasteiger partial charge is 0.121 e. The first kappa shape index (κ1) is 33.7. The van der Waals surface area contributed by atoms with Gasteiger partial charge in [0, 0.05) is 43.4 Å². The largest absolute Gasteiger partial charge is 0.501 e. The molecule has 52 heavy (non-hydrogen) atoms. The average molecular weight is 883 g/mol. The number of aromatic nitrogens is 2. The number of furan rings is 1. The summed E-state index contributed by atoms with van der Waals surface area (Å²) >= 11 is 0. The molecule has 0 saturated carbocycles. The van der Waals surface area contributed by atoms with Gasteiger partial charge in [-0.05, 0) is 63.4 Å². The maximum Gasteiger partial charge on any atom is 0.121 e. The van der Waals surface area contributed by atoms with Crippen molar-refractivity contribution in [3.63, 3.8) is 0 Å². The second-order valence-corrected chi connectivity index (χ2v) is 21.1. The van der Waals surface area contributed by atoms with Gasteiger partial charge in [0.25, 0.3) is 0 Å². The SMILES string of the molecule is [2H]C([2H])(c1cc(-c2[c-]cccc2)ncc1[Si](C)(C)C)C(C)(C)C.[2H]C([2H])(c1ccnc(-c2[c-]ccc3c2oc2cc(-c4ccccc4)ccc23)c1)C(C)(C)C.[Ir]. The van der Waals surface area contributed by atoms with E-state index in [2.05, 4.69) is 72.1 Å². The van der Waals surface area contributed by atoms with Gasteiger partial charge in [0.05, 0.1) is 13.7 Å². The van der Waals surface area contributed by atoms with Gasteiger partial charge in [-0.3, -0.25) is 0 Å². The van der Waals surface area contributed by atoms with E-state index in [1.54, 1.807) is 12.3 Å². The van der Waals surface area contributed by atoms with Crippen molar-refractivity contribution in [2.75, 3.05) is 0 Å². The molecule has 0 bridgehead atoms. The topological polar surface area (TPSA) is 38.9 Å². The summed E-state index contributed by atoms with van der Waals surface area (Å²) in [4.78, 5) is 9.14. The van der Waals surface area contributed by atoms with Gasteiger partial charge in [0.2, 0.25) is 0 Å². The Bertz CT molecular complexity index is 2450. The molecule has 7 rings (SSSR count). The van der Waals surface area contributed by atoms with Crippen LogP contribution in [-0.2, 0) is 32.9 Å². The number of pyridine rings is 2. The summed E-state index contributed by atoms with van der Waals surface area (Å²) in [5.74, 6) is 0. The molecule has 0 atom stereocenters. The van der Waals surface area contributed by atoms with Crippen LogP contribution in [0.25, 0.3) is 55.6 Å². The zero-order valence-corrected chi connectivity index (χ0v) is 35.0. The van der Waals surface area contributed by atoms with Gasteiger partial charge in [-0.25, -0.2) is 0 Å². The molecule has 3 heterocycles. The van der Waals surface area contributed by atoms with Crippen molar-refractivity contribution >= 4 is 35.2 Å². The van der Waals surface area contributed by atoms with E-state index in [9.17, 15) is 0 Å². The molecule has 3 aromatic heterocycles. The van der Waals surface area contributed by atoms with Crippen molar-refractivity contribution in [3.05, 3.63) is 139 Å². The monoisotopic (exact) mass is 883 g/mol. The van der Waals surface area contributed by atoms with Crippen LogP contribution in [0.2, 0.25) is 19.6 Å². The van der Waals surface area contributed by atoms with Crippen molar-refractivity contribution in [3.8, 4) is 33.6 Å². The normalized spacial score (nSPS) is 13.6. The predicted octanol–water partition coefficient (Wildman–Crippen LogP) is 12.4. The van der Waals surface area contributed by atoms with Crippen molar-refractivity contribution in [2.24, 2.45) is 10.8 Å². The maximum atomic E-state index is 8.75. The first-order valence-corrected chi connectivity index (χ1v) is 21.1. The van der Waals surface area contributed by atoms with E-state index < -0.39 is 31.6 Å². The van der Waals surface area contributed by atoms with E-state index in [1.165, 1.54) is 0 Å². The van der Waals surface area contributed by atoms with Crippen LogP contribution in [-0.4, -0.2) is 18.0 Å². The van der Waals surface area contributed by atoms with Gasteiger partial charge in [0.15, 0.2) is 0 Å². The van der Waals surface area contributed by atoms with E-state index >= 15 is 0 Å². The minimum atomic E-state index is -1.70. The van der Waals surface area contributed by atoms with Crippen molar-refractivity contribution in [2.45, 2.75) is 73.9 Å². The molecule has 4 aromatic carbocycles. The molecule has 0 amide bonds. The summed E-state index contributed by atoms with van der Waals surface area (Å²) < 4.78 is 41.1. The van der Waals surface area contributed by atoms with Crippen LogP contribution in [0.4, 0.5) is 0 Å². The minimum absolute atomic E-state index is 0. The van der Waals surface area contributed by atoms with Gasteiger partial charge in [-0.2, -0.15) is 0 Å². The minimum Gasteiger partial charge on any atom is -0.501 e. The van der Waals surface area contributed by atoms with Crippen LogP contribution in [0.15, 0.2) is 120 Å². The molecule has 0 aliphatic carbocycles. The maximum absolute atomic E-state index is 8.75. The van der Waals surface area contributed by atoms with Crippen LogP contribution >= 0.6 is 0 Å². The molecule has 0 spiro atoms. The number of fused-ring (bicyclic) bond motifs is 3. The fourth-order valence-electron chi connectivity index (χ4n) is 6.08. The Balaban J connectivity index is 0.000000223. The number of rotatable bonds is 6. The standard InChI is InChI=1S/C28H24NO.C19H26NSi.Ir/c1-28(2,3)18-19-14-15-29-25(16-19)24-11-7-10-23-22-13-12-21(17-26(22)30-27(23)24)20-8-5-4-6-9-20;1-19(2,3)13-16-12-17(15-10-8-7-9-11-15)20-14-18(16)21(4,5)6;/h4-10,12-17H,18H2,1-3H3;7-10,12,14H,13H2,1-6H3;/q2*-1;/i18D2;13D2;.